The van der Waals surface area contributed by atoms with Gasteiger partial charge in [-0.3, -0.25) is 14.5 Å². The molecule has 4 aliphatic rings. The van der Waals surface area contributed by atoms with E-state index in [1.807, 2.05) is 36.4 Å². The van der Waals surface area contributed by atoms with Gasteiger partial charge >= 0.3 is 0 Å². The normalized spacial score (nSPS) is 32.4. The lowest BCUT2D eigenvalue weighted by molar-refractivity contribution is -0.125. The maximum atomic E-state index is 13.3. The highest BCUT2D eigenvalue weighted by Gasteiger charge is 2.70. The number of nitriles is 1. The van der Waals surface area contributed by atoms with Crippen molar-refractivity contribution in [3.05, 3.63) is 60.2 Å². The summed E-state index contributed by atoms with van der Waals surface area (Å²) in [7, 11) is 0. The number of anilines is 1. The lowest BCUT2D eigenvalue weighted by Crippen LogP contribution is -2.41. The first kappa shape index (κ1) is 18.1. The van der Waals surface area contributed by atoms with Crippen LogP contribution >= 0.6 is 0 Å². The summed E-state index contributed by atoms with van der Waals surface area (Å²) in [5.41, 5.74) is 2.39. The van der Waals surface area contributed by atoms with E-state index in [2.05, 4.69) is 5.16 Å². The molecule has 6 rings (SSSR count). The summed E-state index contributed by atoms with van der Waals surface area (Å²) in [5, 5.41) is 13.0. The van der Waals surface area contributed by atoms with E-state index in [-0.39, 0.29) is 54.1 Å². The zero-order valence-electron chi connectivity index (χ0n) is 16.5. The molecule has 7 heteroatoms. The second-order valence-electron chi connectivity index (χ2n) is 8.51. The van der Waals surface area contributed by atoms with Crippen molar-refractivity contribution in [2.24, 2.45) is 34.7 Å². The van der Waals surface area contributed by atoms with E-state index in [1.165, 1.54) is 4.90 Å². The SMILES string of the molecule is N#CCOc1ccc(C2=NO[C@@H]3[C@H]4C[C@H]([C@@H]23)[C@H]2C(=O)N(c3ccccc3)C(=O)[C@@H]42)cc1. The zero-order valence-corrected chi connectivity index (χ0v) is 16.5. The molecule has 31 heavy (non-hydrogen) atoms. The van der Waals surface area contributed by atoms with Gasteiger partial charge in [-0.05, 0) is 48.7 Å². The molecule has 0 unspecified atom stereocenters. The molecule has 2 aromatic carbocycles. The van der Waals surface area contributed by atoms with E-state index in [0.29, 0.717) is 11.4 Å². The van der Waals surface area contributed by atoms with Gasteiger partial charge in [-0.2, -0.15) is 5.26 Å². The van der Waals surface area contributed by atoms with Crippen LogP contribution in [0.1, 0.15) is 12.0 Å². The van der Waals surface area contributed by atoms with Crippen LogP contribution in [0.2, 0.25) is 0 Å². The molecule has 2 bridgehead atoms. The minimum atomic E-state index is -0.324. The topological polar surface area (TPSA) is 92.0 Å². The Bertz CT molecular complexity index is 1140. The van der Waals surface area contributed by atoms with Gasteiger partial charge < -0.3 is 9.57 Å². The fourth-order valence-electron chi connectivity index (χ4n) is 6.03. The third kappa shape index (κ3) is 2.48. The molecule has 3 fully saturated rings. The number of hydrogen-bond acceptors (Lipinski definition) is 6. The number of nitrogens with zero attached hydrogens (tertiary/aromatic N) is 3. The van der Waals surface area contributed by atoms with Gasteiger partial charge in [0.15, 0.2) is 6.61 Å². The fourth-order valence-corrected chi connectivity index (χ4v) is 6.03. The van der Waals surface area contributed by atoms with Crippen molar-refractivity contribution in [1.82, 2.24) is 0 Å². The summed E-state index contributed by atoms with van der Waals surface area (Å²) >= 11 is 0. The van der Waals surface area contributed by atoms with Gasteiger partial charge in [0.25, 0.3) is 0 Å². The number of hydrogen-bond donors (Lipinski definition) is 0. The molecule has 154 valence electrons. The molecule has 2 aliphatic carbocycles. The zero-order chi connectivity index (χ0) is 21.1. The van der Waals surface area contributed by atoms with Crippen molar-refractivity contribution in [3.8, 4) is 11.8 Å². The van der Waals surface area contributed by atoms with Crippen molar-refractivity contribution in [3.63, 3.8) is 0 Å². The Labute approximate surface area is 178 Å². The lowest BCUT2D eigenvalue weighted by atomic mass is 9.71. The third-order valence-electron chi connectivity index (χ3n) is 7.16. The molecule has 7 nitrogen and oxygen atoms in total. The second kappa shape index (κ2) is 6.67. The number of benzene rings is 2. The van der Waals surface area contributed by atoms with Crippen molar-refractivity contribution in [1.29, 1.82) is 5.26 Å². The predicted molar refractivity (Wildman–Crippen MR) is 110 cm³/mol. The van der Waals surface area contributed by atoms with Gasteiger partial charge in [-0.15, -0.1) is 0 Å². The number of carbonyl (C=O) groups excluding carboxylic acids is 2. The summed E-state index contributed by atoms with van der Waals surface area (Å²) < 4.78 is 5.33. The van der Waals surface area contributed by atoms with Crippen molar-refractivity contribution in [2.45, 2.75) is 12.5 Å². The highest BCUT2D eigenvalue weighted by Crippen LogP contribution is 2.62. The minimum absolute atomic E-state index is 0.00426. The smallest absolute Gasteiger partial charge is 0.238 e. The molecule has 2 heterocycles. The number of para-hydroxylation sites is 1. The number of oxime groups is 1. The van der Waals surface area contributed by atoms with Crippen molar-refractivity contribution >= 4 is 23.2 Å². The Balaban J connectivity index is 1.29. The summed E-state index contributed by atoms with van der Waals surface area (Å²) in [6.45, 7) is -0.00498. The average Bonchev–Trinajstić information content (AvgIpc) is 3.53. The summed E-state index contributed by atoms with van der Waals surface area (Å²) in [6.07, 6.45) is 0.649. The molecule has 2 aromatic rings. The third-order valence-corrected chi connectivity index (χ3v) is 7.16. The lowest BCUT2D eigenvalue weighted by Gasteiger charge is -2.29. The van der Waals surface area contributed by atoms with Crippen LogP contribution in [0.4, 0.5) is 5.69 Å². The first-order chi connectivity index (χ1) is 15.2. The quantitative estimate of drug-likeness (QED) is 0.719. The molecule has 1 saturated heterocycles. The largest absolute Gasteiger partial charge is 0.479 e. The number of amides is 2. The van der Waals surface area contributed by atoms with Gasteiger partial charge in [0.1, 0.15) is 17.9 Å². The Kier molecular flexibility index (Phi) is 3.90. The molecule has 0 N–H and O–H groups in total. The summed E-state index contributed by atoms with van der Waals surface area (Å²) in [6, 6.07) is 18.5. The minimum Gasteiger partial charge on any atom is -0.479 e. The molecular weight excluding hydrogens is 394 g/mol. The van der Waals surface area contributed by atoms with E-state index in [1.54, 1.807) is 24.3 Å². The molecule has 0 radical (unpaired) electrons. The number of fused-ring (bicyclic) bond motifs is 8. The average molecular weight is 413 g/mol. The van der Waals surface area contributed by atoms with Crippen LogP contribution in [0.25, 0.3) is 0 Å². The van der Waals surface area contributed by atoms with Crippen LogP contribution in [-0.4, -0.2) is 30.2 Å². The van der Waals surface area contributed by atoms with Gasteiger partial charge in [0.05, 0.1) is 23.2 Å². The fraction of sp³-hybridized carbons (Fsp3) is 0.333. The maximum absolute atomic E-state index is 13.3. The van der Waals surface area contributed by atoms with E-state index in [0.717, 1.165) is 17.7 Å². The van der Waals surface area contributed by atoms with Crippen molar-refractivity contribution in [2.75, 3.05) is 11.5 Å². The van der Waals surface area contributed by atoms with Crippen LogP contribution in [0.5, 0.6) is 5.75 Å². The number of ether oxygens (including phenoxy) is 1. The van der Waals surface area contributed by atoms with Crippen LogP contribution in [0.3, 0.4) is 0 Å². The first-order valence-electron chi connectivity index (χ1n) is 10.5. The van der Waals surface area contributed by atoms with Gasteiger partial charge in [0.2, 0.25) is 11.8 Å². The summed E-state index contributed by atoms with van der Waals surface area (Å²) in [4.78, 5) is 33.8. The van der Waals surface area contributed by atoms with Gasteiger partial charge in [-0.1, -0.05) is 23.4 Å². The Morgan fingerprint density at radius 3 is 2.42 bits per heavy atom. The molecule has 6 atom stereocenters. The molecule has 2 saturated carbocycles. The number of imide groups is 1. The Morgan fingerprint density at radius 1 is 1.00 bits per heavy atom. The van der Waals surface area contributed by atoms with E-state index < -0.39 is 0 Å². The molecule has 2 amide bonds. The Hall–Kier alpha value is -3.66. The van der Waals surface area contributed by atoms with E-state index in [9.17, 15) is 9.59 Å². The standard InChI is InChI=1S/C24H19N3O4/c25-10-11-30-15-8-6-13(7-9-15)21-20-16-12-17(22(20)31-26-21)19-18(16)23(28)27(24(19)29)14-4-2-1-3-5-14/h1-9,16-20,22H,11-12H2/t16-,17-,18+,19-,20-,22+/m0/s1. The van der Waals surface area contributed by atoms with Crippen LogP contribution in [0.15, 0.2) is 59.8 Å². The second-order valence-corrected chi connectivity index (χ2v) is 8.51. The predicted octanol–water partition coefficient (Wildman–Crippen LogP) is 2.76. The highest BCUT2D eigenvalue weighted by molar-refractivity contribution is 6.23. The summed E-state index contributed by atoms with van der Waals surface area (Å²) in [5.74, 6) is -0.180. The van der Waals surface area contributed by atoms with E-state index >= 15 is 0 Å². The highest BCUT2D eigenvalue weighted by atomic mass is 16.6. The first-order valence-corrected chi connectivity index (χ1v) is 10.5. The monoisotopic (exact) mass is 413 g/mol. The Morgan fingerprint density at radius 2 is 1.71 bits per heavy atom. The van der Waals surface area contributed by atoms with Gasteiger partial charge in [-0.25, -0.2) is 0 Å². The van der Waals surface area contributed by atoms with Crippen LogP contribution in [-0.2, 0) is 14.4 Å². The van der Waals surface area contributed by atoms with Crippen LogP contribution < -0.4 is 9.64 Å². The molecule has 0 aromatic heterocycles. The molecular formula is C24H19N3O4. The van der Waals surface area contributed by atoms with Crippen molar-refractivity contribution < 1.29 is 19.2 Å². The number of carbonyl (C=O) groups is 2. The molecule has 0 spiro atoms. The van der Waals surface area contributed by atoms with E-state index in [4.69, 9.17) is 14.8 Å². The number of rotatable bonds is 4. The van der Waals surface area contributed by atoms with Gasteiger partial charge in [0, 0.05) is 17.4 Å². The molecule has 2 aliphatic heterocycles. The maximum Gasteiger partial charge on any atom is 0.238 e. The van der Waals surface area contributed by atoms with Crippen LogP contribution in [0, 0.1) is 40.9 Å².